The second-order valence-corrected chi connectivity index (χ2v) is 4.80. The number of hydrogen-bond acceptors (Lipinski definition) is 4. The van der Waals surface area contributed by atoms with E-state index in [0.29, 0.717) is 15.6 Å². The Morgan fingerprint density at radius 3 is 2.50 bits per heavy atom. The molecule has 20 heavy (non-hydrogen) atoms. The van der Waals surface area contributed by atoms with Crippen LogP contribution in [0.25, 0.3) is 0 Å². The molecule has 0 spiro atoms. The van der Waals surface area contributed by atoms with Crippen molar-refractivity contribution in [3.05, 3.63) is 74.2 Å². The van der Waals surface area contributed by atoms with Gasteiger partial charge in [0, 0.05) is 10.5 Å². The third kappa shape index (κ3) is 3.21. The molecular formula is C14H10BrNO4. The van der Waals surface area contributed by atoms with Gasteiger partial charge in [-0.15, -0.1) is 0 Å². The van der Waals surface area contributed by atoms with Gasteiger partial charge in [-0.3, -0.25) is 10.1 Å². The summed E-state index contributed by atoms with van der Waals surface area (Å²) in [5.74, 6) is -0.532. The maximum Gasteiger partial charge on any atom is 0.339 e. The minimum Gasteiger partial charge on any atom is -0.457 e. The summed E-state index contributed by atoms with van der Waals surface area (Å²) in [6, 6.07) is 13.0. The summed E-state index contributed by atoms with van der Waals surface area (Å²) in [6.07, 6.45) is 0. The van der Waals surface area contributed by atoms with Crippen LogP contribution in [-0.4, -0.2) is 10.9 Å². The molecule has 0 radical (unpaired) electrons. The van der Waals surface area contributed by atoms with E-state index in [2.05, 4.69) is 15.9 Å². The van der Waals surface area contributed by atoms with E-state index in [0.717, 1.165) is 0 Å². The van der Waals surface area contributed by atoms with Gasteiger partial charge in [0.15, 0.2) is 0 Å². The van der Waals surface area contributed by atoms with Crippen LogP contribution in [0.5, 0.6) is 0 Å². The number of halogens is 1. The molecular weight excluding hydrogens is 326 g/mol. The highest BCUT2D eigenvalue weighted by Crippen LogP contribution is 2.21. The number of nitrogens with zero attached hydrogens (tertiary/aromatic N) is 1. The second kappa shape index (κ2) is 6.29. The fourth-order valence-corrected chi connectivity index (χ4v) is 2.11. The third-order valence-electron chi connectivity index (χ3n) is 2.64. The van der Waals surface area contributed by atoms with Crippen LogP contribution in [-0.2, 0) is 11.3 Å². The topological polar surface area (TPSA) is 69.4 Å². The lowest BCUT2D eigenvalue weighted by atomic mass is 10.2. The normalized spacial score (nSPS) is 10.1. The first-order valence-corrected chi connectivity index (χ1v) is 6.53. The molecule has 2 rings (SSSR count). The van der Waals surface area contributed by atoms with Gasteiger partial charge >= 0.3 is 5.97 Å². The van der Waals surface area contributed by atoms with Crippen molar-refractivity contribution in [2.45, 2.75) is 6.61 Å². The van der Waals surface area contributed by atoms with Crippen molar-refractivity contribution in [3.63, 3.8) is 0 Å². The van der Waals surface area contributed by atoms with Gasteiger partial charge < -0.3 is 4.74 Å². The Balaban J connectivity index is 2.12. The van der Waals surface area contributed by atoms with E-state index in [-0.39, 0.29) is 12.3 Å². The lowest BCUT2D eigenvalue weighted by Gasteiger charge is -2.06. The lowest BCUT2D eigenvalue weighted by molar-refractivity contribution is -0.385. The van der Waals surface area contributed by atoms with Crippen LogP contribution in [0.4, 0.5) is 5.69 Å². The summed E-state index contributed by atoms with van der Waals surface area (Å²) in [4.78, 5) is 22.2. The molecule has 2 aromatic carbocycles. The van der Waals surface area contributed by atoms with Gasteiger partial charge in [-0.2, -0.15) is 0 Å². The van der Waals surface area contributed by atoms with Gasteiger partial charge in [0.05, 0.1) is 16.1 Å². The molecule has 0 aliphatic carbocycles. The van der Waals surface area contributed by atoms with Crippen LogP contribution < -0.4 is 0 Å². The zero-order valence-electron chi connectivity index (χ0n) is 10.3. The lowest BCUT2D eigenvalue weighted by Crippen LogP contribution is -2.07. The molecule has 5 nitrogen and oxygen atoms in total. The molecule has 0 aliphatic heterocycles. The van der Waals surface area contributed by atoms with Crippen LogP contribution in [0, 0.1) is 10.1 Å². The number of carbonyl (C=O) groups excluding carboxylic acids is 1. The summed E-state index contributed by atoms with van der Waals surface area (Å²) in [6.45, 7) is -0.142. The van der Waals surface area contributed by atoms with Crippen molar-refractivity contribution in [2.75, 3.05) is 0 Å². The predicted molar refractivity (Wildman–Crippen MR) is 76.4 cm³/mol. The highest BCUT2D eigenvalue weighted by molar-refractivity contribution is 9.10. The smallest absolute Gasteiger partial charge is 0.339 e. The zero-order valence-corrected chi connectivity index (χ0v) is 11.9. The Morgan fingerprint density at radius 2 is 1.80 bits per heavy atom. The fourth-order valence-electron chi connectivity index (χ4n) is 1.66. The van der Waals surface area contributed by atoms with Gasteiger partial charge in [-0.05, 0) is 34.1 Å². The molecule has 0 saturated heterocycles. The van der Waals surface area contributed by atoms with Gasteiger partial charge in [0.1, 0.15) is 6.61 Å². The van der Waals surface area contributed by atoms with Crippen LogP contribution in [0.15, 0.2) is 53.0 Å². The van der Waals surface area contributed by atoms with Gasteiger partial charge in [0.25, 0.3) is 5.69 Å². The summed E-state index contributed by atoms with van der Waals surface area (Å²) in [5.41, 5.74) is 0.677. The van der Waals surface area contributed by atoms with E-state index in [1.54, 1.807) is 42.5 Å². The minimum atomic E-state index is -0.532. The number of carbonyl (C=O) groups is 1. The van der Waals surface area contributed by atoms with Crippen LogP contribution >= 0.6 is 15.9 Å². The molecule has 2 aromatic rings. The first-order valence-electron chi connectivity index (χ1n) is 5.73. The average Bonchev–Trinajstić information content (AvgIpc) is 2.45. The Bertz CT molecular complexity index is 657. The molecule has 0 atom stereocenters. The van der Waals surface area contributed by atoms with Crippen LogP contribution in [0.2, 0.25) is 0 Å². The van der Waals surface area contributed by atoms with Crippen molar-refractivity contribution in [1.29, 1.82) is 0 Å². The summed E-state index contributed by atoms with van der Waals surface area (Å²) >= 11 is 3.25. The molecule has 0 aliphatic rings. The monoisotopic (exact) mass is 335 g/mol. The Kier molecular flexibility index (Phi) is 4.47. The zero-order chi connectivity index (χ0) is 14.5. The molecule has 0 bridgehead atoms. The SMILES string of the molecule is O=C(OCc1ccccc1[N+](=O)[O-])c1ccccc1Br. The molecule has 0 unspecified atom stereocenters. The van der Waals surface area contributed by atoms with E-state index in [1.165, 1.54) is 6.07 Å². The fraction of sp³-hybridized carbons (Fsp3) is 0.0714. The Morgan fingerprint density at radius 1 is 1.15 bits per heavy atom. The molecule has 6 heteroatoms. The Labute approximate surface area is 123 Å². The largest absolute Gasteiger partial charge is 0.457 e. The number of hydrogen-bond donors (Lipinski definition) is 0. The van der Waals surface area contributed by atoms with E-state index in [4.69, 9.17) is 4.74 Å². The van der Waals surface area contributed by atoms with E-state index in [1.807, 2.05) is 0 Å². The second-order valence-electron chi connectivity index (χ2n) is 3.94. The van der Waals surface area contributed by atoms with Crippen molar-refractivity contribution < 1.29 is 14.5 Å². The molecule has 102 valence electrons. The van der Waals surface area contributed by atoms with Crippen molar-refractivity contribution in [1.82, 2.24) is 0 Å². The highest BCUT2D eigenvalue weighted by Gasteiger charge is 2.16. The first kappa shape index (κ1) is 14.2. The van der Waals surface area contributed by atoms with Crippen molar-refractivity contribution in [2.24, 2.45) is 0 Å². The number of para-hydroxylation sites is 1. The summed E-state index contributed by atoms with van der Waals surface area (Å²) < 4.78 is 5.73. The maximum atomic E-state index is 11.9. The quantitative estimate of drug-likeness (QED) is 0.485. The van der Waals surface area contributed by atoms with E-state index >= 15 is 0 Å². The number of nitro benzene ring substituents is 1. The maximum absolute atomic E-state index is 11.9. The number of benzene rings is 2. The first-order chi connectivity index (χ1) is 9.59. The van der Waals surface area contributed by atoms with Crippen molar-refractivity contribution in [3.8, 4) is 0 Å². The molecule has 0 amide bonds. The van der Waals surface area contributed by atoms with Crippen LogP contribution in [0.1, 0.15) is 15.9 Å². The Hall–Kier alpha value is -2.21. The number of rotatable bonds is 4. The standard InChI is InChI=1S/C14H10BrNO4/c15-12-7-3-2-6-11(12)14(17)20-9-10-5-1-4-8-13(10)16(18)19/h1-8H,9H2. The van der Waals surface area contributed by atoms with Crippen molar-refractivity contribution >= 4 is 27.6 Å². The highest BCUT2D eigenvalue weighted by atomic mass is 79.9. The van der Waals surface area contributed by atoms with Crippen LogP contribution in [0.3, 0.4) is 0 Å². The third-order valence-corrected chi connectivity index (χ3v) is 3.33. The van der Waals surface area contributed by atoms with Gasteiger partial charge in [-0.25, -0.2) is 4.79 Å². The molecule has 0 N–H and O–H groups in total. The number of nitro groups is 1. The predicted octanol–water partition coefficient (Wildman–Crippen LogP) is 3.71. The number of ether oxygens (including phenoxy) is 1. The average molecular weight is 336 g/mol. The molecule has 0 fully saturated rings. The molecule has 0 heterocycles. The summed E-state index contributed by atoms with van der Waals surface area (Å²) in [7, 11) is 0. The molecule has 0 aromatic heterocycles. The number of esters is 1. The van der Waals surface area contributed by atoms with E-state index < -0.39 is 10.9 Å². The van der Waals surface area contributed by atoms with E-state index in [9.17, 15) is 14.9 Å². The van der Waals surface area contributed by atoms with Gasteiger partial charge in [0.2, 0.25) is 0 Å². The van der Waals surface area contributed by atoms with Gasteiger partial charge in [-0.1, -0.05) is 24.3 Å². The molecule has 0 saturated carbocycles. The minimum absolute atomic E-state index is 0.0626. The summed E-state index contributed by atoms with van der Waals surface area (Å²) in [5, 5.41) is 10.8.